The Bertz CT molecular complexity index is 1280. The molecule has 15 nitrogen and oxygen atoms in total. The number of anilines is 1. The molecule has 3 amide bonds. The molecule has 3 aliphatic heterocycles. The first kappa shape index (κ1) is 37.6. The molecule has 4 atom stereocenters. The van der Waals surface area contributed by atoms with E-state index in [9.17, 15) is 52.8 Å². The van der Waals surface area contributed by atoms with Gasteiger partial charge < -0.3 is 36.0 Å². The second kappa shape index (κ2) is 17.0. The average Bonchev–Trinajstić information content (AvgIpc) is 3.57. The summed E-state index contributed by atoms with van der Waals surface area (Å²) >= 11 is 1.36. The number of nitrogens with zero attached hydrogens (tertiary/aromatic N) is 5. The summed E-state index contributed by atoms with van der Waals surface area (Å²) in [6, 6.07) is 4.22. The van der Waals surface area contributed by atoms with Crippen LogP contribution in [-0.2, 0) is 20.8 Å². The number of hydrogen-bond acceptors (Lipinski definition) is 11. The standard InChI is InChI=1S/C29H42F3N7O8S/c30-29(31,32)27(46)39(13-23-26-22(16-48-23)33-28(47)34-26)20-3-1-19(2-4-20)11-21-12-37(14-24(42)43)8-7-35(17-40)5-6-36(18-41)9-10-38(21)15-25(44)45/h1-4,21-23,26,40-41H,5-18H2,(H,42,43)(H,44,45)(H2,33,34,47). The van der Waals surface area contributed by atoms with Gasteiger partial charge in [0.25, 0.3) is 0 Å². The maximum Gasteiger partial charge on any atom is 0.471 e. The molecule has 1 aromatic rings. The van der Waals surface area contributed by atoms with Gasteiger partial charge in [-0.15, -0.1) is 0 Å². The van der Waals surface area contributed by atoms with Gasteiger partial charge in [0, 0.05) is 75.1 Å². The number of benzene rings is 1. The molecule has 4 rings (SSSR count). The fraction of sp³-hybridized carbons (Fsp3) is 0.655. The van der Waals surface area contributed by atoms with E-state index >= 15 is 0 Å². The van der Waals surface area contributed by atoms with E-state index in [1.165, 1.54) is 23.9 Å². The van der Waals surface area contributed by atoms with Crippen LogP contribution in [0.1, 0.15) is 5.56 Å². The number of fused-ring (bicyclic) bond motifs is 1. The zero-order valence-electron chi connectivity index (χ0n) is 26.2. The maximum atomic E-state index is 13.7. The van der Waals surface area contributed by atoms with E-state index in [2.05, 4.69) is 10.6 Å². The van der Waals surface area contributed by atoms with E-state index < -0.39 is 47.4 Å². The van der Waals surface area contributed by atoms with Crippen LogP contribution in [0.25, 0.3) is 0 Å². The lowest BCUT2D eigenvalue weighted by atomic mass is 10.0. The highest BCUT2D eigenvalue weighted by molar-refractivity contribution is 8.00. The molecule has 3 heterocycles. The van der Waals surface area contributed by atoms with Crippen LogP contribution in [0.4, 0.5) is 23.7 Å². The number of amides is 3. The number of aliphatic hydroxyl groups is 2. The average molecular weight is 706 g/mol. The maximum absolute atomic E-state index is 13.7. The number of halogens is 3. The minimum Gasteiger partial charge on any atom is -0.480 e. The molecule has 0 spiro atoms. The van der Waals surface area contributed by atoms with Gasteiger partial charge in [-0.25, -0.2) is 4.79 Å². The summed E-state index contributed by atoms with van der Waals surface area (Å²) < 4.78 is 41.2. The molecule has 1 aromatic carbocycles. The van der Waals surface area contributed by atoms with Crippen molar-refractivity contribution in [2.75, 3.05) is 89.6 Å². The number of carboxylic acid groups (broad SMARTS) is 2. The summed E-state index contributed by atoms with van der Waals surface area (Å²) in [7, 11) is 0. The Hall–Kier alpha value is -3.20. The fourth-order valence-electron chi connectivity index (χ4n) is 6.21. The molecule has 3 aliphatic rings. The monoisotopic (exact) mass is 705 g/mol. The third-order valence-electron chi connectivity index (χ3n) is 8.76. The first-order chi connectivity index (χ1) is 22.8. The van der Waals surface area contributed by atoms with Gasteiger partial charge >= 0.3 is 30.1 Å². The van der Waals surface area contributed by atoms with Gasteiger partial charge in [0.1, 0.15) is 0 Å². The van der Waals surface area contributed by atoms with Crippen molar-refractivity contribution in [3.8, 4) is 0 Å². The Morgan fingerprint density at radius 2 is 1.46 bits per heavy atom. The summed E-state index contributed by atoms with van der Waals surface area (Å²) in [6.07, 6.45) is -4.95. The van der Waals surface area contributed by atoms with Crippen LogP contribution < -0.4 is 15.5 Å². The zero-order chi connectivity index (χ0) is 35.0. The lowest BCUT2D eigenvalue weighted by molar-refractivity contribution is -0.170. The highest BCUT2D eigenvalue weighted by Crippen LogP contribution is 2.33. The topological polar surface area (TPSA) is 189 Å². The largest absolute Gasteiger partial charge is 0.480 e. The Balaban J connectivity index is 1.59. The summed E-state index contributed by atoms with van der Waals surface area (Å²) in [4.78, 5) is 55.4. The Labute approximate surface area is 279 Å². The van der Waals surface area contributed by atoms with E-state index in [1.54, 1.807) is 31.7 Å². The number of rotatable bonds is 11. The van der Waals surface area contributed by atoms with Crippen LogP contribution in [0.2, 0.25) is 0 Å². The number of aliphatic hydroxyl groups excluding tert-OH is 2. The Morgan fingerprint density at radius 1 is 0.875 bits per heavy atom. The number of alkyl halides is 3. The van der Waals surface area contributed by atoms with Crippen molar-refractivity contribution in [1.29, 1.82) is 0 Å². The third-order valence-corrected chi connectivity index (χ3v) is 10.2. The molecule has 0 aromatic heterocycles. The summed E-state index contributed by atoms with van der Waals surface area (Å²) in [5.41, 5.74) is 0.609. The molecular formula is C29H42F3N7O8S. The second-order valence-electron chi connectivity index (χ2n) is 12.1. The molecule has 3 fully saturated rings. The number of carboxylic acids is 2. The number of carbonyl (C=O) groups excluding carboxylic acids is 2. The van der Waals surface area contributed by atoms with Gasteiger partial charge in [-0.3, -0.25) is 34.0 Å². The Morgan fingerprint density at radius 3 is 2.02 bits per heavy atom. The van der Waals surface area contributed by atoms with Crippen LogP contribution in [0.15, 0.2) is 24.3 Å². The molecule has 19 heteroatoms. The number of hydrogen-bond donors (Lipinski definition) is 6. The van der Waals surface area contributed by atoms with E-state index in [0.717, 1.165) is 0 Å². The molecule has 0 bridgehead atoms. The normalized spacial score (nSPS) is 25.4. The van der Waals surface area contributed by atoms with Crippen LogP contribution in [0.5, 0.6) is 0 Å². The van der Waals surface area contributed by atoms with Crippen molar-refractivity contribution in [2.45, 2.75) is 36.0 Å². The molecule has 4 unspecified atom stereocenters. The molecule has 3 saturated heterocycles. The van der Waals surface area contributed by atoms with Gasteiger partial charge in [0.15, 0.2) is 0 Å². The van der Waals surface area contributed by atoms with Gasteiger partial charge in [-0.05, 0) is 24.1 Å². The quantitative estimate of drug-likeness (QED) is 0.153. The highest BCUT2D eigenvalue weighted by atomic mass is 32.2. The van der Waals surface area contributed by atoms with E-state index in [0.29, 0.717) is 35.9 Å². The molecular weight excluding hydrogens is 663 g/mol. The summed E-state index contributed by atoms with van der Waals surface area (Å²) in [6.45, 7) is 0.342. The minimum atomic E-state index is -5.15. The van der Waals surface area contributed by atoms with Crippen molar-refractivity contribution in [3.05, 3.63) is 29.8 Å². The van der Waals surface area contributed by atoms with Crippen molar-refractivity contribution in [2.24, 2.45) is 0 Å². The SMILES string of the molecule is O=C(O)CN1CCN(CO)CCN(CO)CCN(CC(=O)O)C(Cc2ccc(N(CC3SCC4NC(=O)NC43)C(=O)C(F)(F)F)cc2)C1. The molecule has 48 heavy (non-hydrogen) atoms. The fourth-order valence-corrected chi connectivity index (χ4v) is 7.67. The predicted octanol–water partition coefficient (Wildman–Crippen LogP) is -1.05. The molecule has 6 N–H and O–H groups in total. The number of urea groups is 1. The van der Waals surface area contributed by atoms with Crippen LogP contribution in [-0.4, -0.2) is 178 Å². The number of carbonyl (C=O) groups is 4. The number of nitrogens with one attached hydrogen (secondary N) is 2. The summed E-state index contributed by atoms with van der Waals surface area (Å²) in [5.74, 6) is -3.76. The lowest BCUT2D eigenvalue weighted by Crippen LogP contribution is -2.53. The van der Waals surface area contributed by atoms with Gasteiger partial charge in [0.2, 0.25) is 0 Å². The van der Waals surface area contributed by atoms with E-state index in [-0.39, 0.29) is 77.4 Å². The Kier molecular flexibility index (Phi) is 13.3. The molecule has 268 valence electrons. The van der Waals surface area contributed by atoms with Crippen molar-refractivity contribution >= 4 is 41.3 Å². The smallest absolute Gasteiger partial charge is 0.471 e. The lowest BCUT2D eigenvalue weighted by Gasteiger charge is -2.37. The highest BCUT2D eigenvalue weighted by Gasteiger charge is 2.48. The van der Waals surface area contributed by atoms with Crippen LogP contribution >= 0.6 is 11.8 Å². The molecule has 0 saturated carbocycles. The van der Waals surface area contributed by atoms with Gasteiger partial charge in [0.05, 0.1) is 38.6 Å². The van der Waals surface area contributed by atoms with Gasteiger partial charge in [-0.2, -0.15) is 24.9 Å². The van der Waals surface area contributed by atoms with Crippen LogP contribution in [0.3, 0.4) is 0 Å². The van der Waals surface area contributed by atoms with Crippen molar-refractivity contribution in [3.63, 3.8) is 0 Å². The second-order valence-corrected chi connectivity index (χ2v) is 13.3. The first-order valence-corrected chi connectivity index (χ1v) is 16.5. The minimum absolute atomic E-state index is 0.00122. The zero-order valence-corrected chi connectivity index (χ0v) is 27.0. The third kappa shape index (κ3) is 10.4. The molecule has 0 radical (unpaired) electrons. The van der Waals surface area contributed by atoms with Crippen molar-refractivity contribution in [1.82, 2.24) is 30.2 Å². The predicted molar refractivity (Wildman–Crippen MR) is 168 cm³/mol. The van der Waals surface area contributed by atoms with E-state index in [4.69, 9.17) is 0 Å². The number of thioether (sulfide) groups is 1. The van der Waals surface area contributed by atoms with Crippen molar-refractivity contribution < 1.29 is 52.8 Å². The van der Waals surface area contributed by atoms with Crippen LogP contribution in [0, 0.1) is 0 Å². The number of aliphatic carboxylic acids is 2. The van der Waals surface area contributed by atoms with E-state index in [1.807, 2.05) is 0 Å². The molecule has 0 aliphatic carbocycles. The first-order valence-electron chi connectivity index (χ1n) is 15.5. The summed E-state index contributed by atoms with van der Waals surface area (Å²) in [5, 5.41) is 44.0. The van der Waals surface area contributed by atoms with Gasteiger partial charge in [-0.1, -0.05) is 12.1 Å².